The summed E-state index contributed by atoms with van der Waals surface area (Å²) in [7, 11) is 0. The third kappa shape index (κ3) is 5.24. The summed E-state index contributed by atoms with van der Waals surface area (Å²) in [6.45, 7) is 16.0. The van der Waals surface area contributed by atoms with Gasteiger partial charge in [-0.05, 0) is 70.5 Å². The molecular formula is C26H40N6OS. The van der Waals surface area contributed by atoms with Gasteiger partial charge in [-0.3, -0.25) is 14.6 Å². The van der Waals surface area contributed by atoms with Crippen LogP contribution in [-0.4, -0.2) is 89.5 Å². The first-order valence-electron chi connectivity index (χ1n) is 13.2. The monoisotopic (exact) mass is 484 g/mol. The molecule has 0 N–H and O–H groups in total. The smallest absolute Gasteiger partial charge is 0.236 e. The van der Waals surface area contributed by atoms with Gasteiger partial charge < -0.3 is 9.80 Å². The molecule has 0 unspecified atom stereocenters. The summed E-state index contributed by atoms with van der Waals surface area (Å²) in [6, 6.07) is 0. The molecule has 0 spiro atoms. The molecule has 8 heteroatoms. The van der Waals surface area contributed by atoms with E-state index in [-0.39, 0.29) is 0 Å². The zero-order valence-corrected chi connectivity index (χ0v) is 22.0. The molecule has 3 saturated heterocycles. The molecule has 0 aromatic carbocycles. The van der Waals surface area contributed by atoms with E-state index in [9.17, 15) is 4.79 Å². The van der Waals surface area contributed by atoms with Crippen LogP contribution in [0.4, 0.5) is 5.82 Å². The molecule has 0 bridgehead atoms. The van der Waals surface area contributed by atoms with Crippen LogP contribution in [0.5, 0.6) is 0 Å². The van der Waals surface area contributed by atoms with E-state index in [0.29, 0.717) is 12.5 Å². The molecule has 0 aliphatic carbocycles. The minimum absolute atomic E-state index is 0.306. The summed E-state index contributed by atoms with van der Waals surface area (Å²) >= 11 is 1.80. The first kappa shape index (κ1) is 23.9. The van der Waals surface area contributed by atoms with Crippen molar-refractivity contribution in [2.24, 2.45) is 5.92 Å². The lowest BCUT2D eigenvalue weighted by Gasteiger charge is -2.37. The standard InChI is InChI=1S/C26H40N6OS/c1-19-7-11-29(12-8-19)17-22-27-25(24-20(2)21(3)34-26(24)28-22)32-15-13-30(14-16-32)18-23(33)31-9-5-4-6-10-31/h19H,4-18H2,1-3H3. The lowest BCUT2D eigenvalue weighted by Crippen LogP contribution is -2.51. The highest BCUT2D eigenvalue weighted by molar-refractivity contribution is 7.18. The number of carbonyl (C=O) groups excluding carboxylic acids is 1. The van der Waals surface area contributed by atoms with E-state index in [4.69, 9.17) is 9.97 Å². The average molecular weight is 485 g/mol. The minimum atomic E-state index is 0.306. The van der Waals surface area contributed by atoms with Gasteiger partial charge in [0.15, 0.2) is 0 Å². The number of anilines is 1. The molecule has 0 atom stereocenters. The fourth-order valence-electron chi connectivity index (χ4n) is 5.54. The topological polar surface area (TPSA) is 55.8 Å². The number of aryl methyl sites for hydroxylation is 2. The van der Waals surface area contributed by atoms with Gasteiger partial charge in [0.25, 0.3) is 0 Å². The van der Waals surface area contributed by atoms with Crippen molar-refractivity contribution in [1.82, 2.24) is 24.7 Å². The normalized spacial score (nSPS) is 21.5. The fourth-order valence-corrected chi connectivity index (χ4v) is 6.59. The van der Waals surface area contributed by atoms with Crippen LogP contribution in [0.15, 0.2) is 0 Å². The third-order valence-electron chi connectivity index (χ3n) is 8.04. The number of hydrogen-bond acceptors (Lipinski definition) is 7. The van der Waals surface area contributed by atoms with Crippen LogP contribution >= 0.6 is 11.3 Å². The Balaban J connectivity index is 1.29. The number of nitrogens with zero attached hydrogens (tertiary/aromatic N) is 6. The van der Waals surface area contributed by atoms with Gasteiger partial charge in [-0.25, -0.2) is 9.97 Å². The summed E-state index contributed by atoms with van der Waals surface area (Å²) in [4.78, 5) is 34.7. The number of likely N-dealkylation sites (tertiary alicyclic amines) is 2. The van der Waals surface area contributed by atoms with Gasteiger partial charge in [0, 0.05) is 44.1 Å². The van der Waals surface area contributed by atoms with E-state index in [0.717, 1.165) is 94.1 Å². The molecule has 7 nitrogen and oxygen atoms in total. The highest BCUT2D eigenvalue weighted by Crippen LogP contribution is 2.35. The zero-order valence-electron chi connectivity index (χ0n) is 21.2. The Bertz CT molecular complexity index is 1000. The number of piperidine rings is 2. The number of hydrogen-bond donors (Lipinski definition) is 0. The van der Waals surface area contributed by atoms with Gasteiger partial charge in [0.2, 0.25) is 5.91 Å². The second-order valence-corrected chi connectivity index (χ2v) is 11.8. The predicted molar refractivity (Wildman–Crippen MR) is 140 cm³/mol. The average Bonchev–Trinajstić information content (AvgIpc) is 3.14. The van der Waals surface area contributed by atoms with Crippen LogP contribution in [0.25, 0.3) is 10.2 Å². The number of fused-ring (bicyclic) bond motifs is 1. The molecule has 2 aromatic rings. The van der Waals surface area contributed by atoms with Crippen LogP contribution in [0.1, 0.15) is 55.3 Å². The molecule has 5 heterocycles. The van der Waals surface area contributed by atoms with Crippen LogP contribution < -0.4 is 4.90 Å². The van der Waals surface area contributed by atoms with Crippen molar-refractivity contribution in [2.45, 2.75) is 59.4 Å². The highest BCUT2D eigenvalue weighted by atomic mass is 32.1. The van der Waals surface area contributed by atoms with Crippen LogP contribution in [0.2, 0.25) is 0 Å². The van der Waals surface area contributed by atoms with E-state index in [1.165, 1.54) is 35.1 Å². The molecular weight excluding hydrogens is 444 g/mol. The minimum Gasteiger partial charge on any atom is -0.353 e. The van der Waals surface area contributed by atoms with Crippen molar-refractivity contribution in [2.75, 3.05) is 63.8 Å². The van der Waals surface area contributed by atoms with E-state index in [1.807, 2.05) is 0 Å². The molecule has 5 rings (SSSR count). The van der Waals surface area contributed by atoms with E-state index in [1.54, 1.807) is 11.3 Å². The first-order chi connectivity index (χ1) is 16.5. The van der Waals surface area contributed by atoms with Gasteiger partial charge >= 0.3 is 0 Å². The lowest BCUT2D eigenvalue weighted by atomic mass is 9.99. The molecule has 0 saturated carbocycles. The van der Waals surface area contributed by atoms with Gasteiger partial charge in [0.1, 0.15) is 16.5 Å². The quantitative estimate of drug-likeness (QED) is 0.645. The second kappa shape index (κ2) is 10.5. The van der Waals surface area contributed by atoms with E-state index < -0.39 is 0 Å². The molecule has 3 fully saturated rings. The van der Waals surface area contributed by atoms with Gasteiger partial charge in [-0.1, -0.05) is 6.92 Å². The van der Waals surface area contributed by atoms with E-state index in [2.05, 4.69) is 40.4 Å². The summed E-state index contributed by atoms with van der Waals surface area (Å²) in [5.41, 5.74) is 1.32. The molecule has 0 radical (unpaired) electrons. The number of carbonyl (C=O) groups is 1. The molecule has 3 aliphatic heterocycles. The van der Waals surface area contributed by atoms with Crippen LogP contribution in [0.3, 0.4) is 0 Å². The summed E-state index contributed by atoms with van der Waals surface area (Å²) in [5.74, 6) is 3.20. The fraction of sp³-hybridized carbons (Fsp3) is 0.731. The Hall–Kier alpha value is -1.77. The molecule has 1 amide bonds. The van der Waals surface area contributed by atoms with Crippen molar-refractivity contribution in [3.05, 3.63) is 16.3 Å². The maximum atomic E-state index is 12.7. The number of aromatic nitrogens is 2. The molecule has 34 heavy (non-hydrogen) atoms. The van der Waals surface area contributed by atoms with Crippen molar-refractivity contribution in [3.8, 4) is 0 Å². The van der Waals surface area contributed by atoms with Gasteiger partial charge in [-0.2, -0.15) is 0 Å². The summed E-state index contributed by atoms with van der Waals surface area (Å²) in [5, 5.41) is 1.23. The van der Waals surface area contributed by atoms with Gasteiger partial charge in [0.05, 0.1) is 18.5 Å². The number of rotatable bonds is 5. The largest absolute Gasteiger partial charge is 0.353 e. The molecule has 3 aliphatic rings. The zero-order chi connectivity index (χ0) is 23.7. The Morgan fingerprint density at radius 2 is 1.62 bits per heavy atom. The lowest BCUT2D eigenvalue weighted by molar-refractivity contribution is -0.133. The van der Waals surface area contributed by atoms with Crippen molar-refractivity contribution in [1.29, 1.82) is 0 Å². The Morgan fingerprint density at radius 3 is 2.32 bits per heavy atom. The Kier molecular flexibility index (Phi) is 7.37. The molecule has 186 valence electrons. The number of piperazine rings is 1. The van der Waals surface area contributed by atoms with E-state index >= 15 is 0 Å². The van der Waals surface area contributed by atoms with Crippen LogP contribution in [0, 0.1) is 19.8 Å². The Labute approximate surface area is 208 Å². The number of amides is 1. The van der Waals surface area contributed by atoms with Crippen molar-refractivity contribution in [3.63, 3.8) is 0 Å². The highest BCUT2D eigenvalue weighted by Gasteiger charge is 2.26. The number of thiophene rings is 1. The van der Waals surface area contributed by atoms with Crippen molar-refractivity contribution < 1.29 is 4.79 Å². The van der Waals surface area contributed by atoms with Crippen molar-refractivity contribution >= 4 is 33.3 Å². The predicted octanol–water partition coefficient (Wildman–Crippen LogP) is 3.67. The maximum Gasteiger partial charge on any atom is 0.236 e. The van der Waals surface area contributed by atoms with Crippen LogP contribution in [-0.2, 0) is 11.3 Å². The van der Waals surface area contributed by atoms with Gasteiger partial charge in [-0.15, -0.1) is 11.3 Å². The molecule has 2 aromatic heterocycles. The second-order valence-electron chi connectivity index (χ2n) is 10.6. The summed E-state index contributed by atoms with van der Waals surface area (Å²) in [6.07, 6.45) is 6.11. The Morgan fingerprint density at radius 1 is 0.912 bits per heavy atom. The SMILES string of the molecule is Cc1sc2nc(CN3CCC(C)CC3)nc(N3CCN(CC(=O)N4CCCCC4)CC3)c2c1C. The maximum absolute atomic E-state index is 12.7. The summed E-state index contributed by atoms with van der Waals surface area (Å²) < 4.78 is 0. The first-order valence-corrected chi connectivity index (χ1v) is 14.0. The third-order valence-corrected chi connectivity index (χ3v) is 9.14.